The summed E-state index contributed by atoms with van der Waals surface area (Å²) in [5.41, 5.74) is 1.13. The van der Waals surface area contributed by atoms with E-state index in [1.807, 2.05) is 6.07 Å². The Bertz CT molecular complexity index is 771. The van der Waals surface area contributed by atoms with Gasteiger partial charge in [-0.05, 0) is 24.3 Å². The zero-order valence-corrected chi connectivity index (χ0v) is 14.7. The lowest BCUT2D eigenvalue weighted by Gasteiger charge is -2.19. The SMILES string of the molecule is CC(CN(C)C(=O)COc1ccc(C(=O)c2ccccc2)cc1)C(=O)O. The van der Waals surface area contributed by atoms with E-state index < -0.39 is 11.9 Å². The highest BCUT2D eigenvalue weighted by atomic mass is 16.5. The minimum Gasteiger partial charge on any atom is -0.484 e. The predicted molar refractivity (Wildman–Crippen MR) is 96.2 cm³/mol. The molecule has 0 bridgehead atoms. The van der Waals surface area contributed by atoms with Crippen LogP contribution in [0, 0.1) is 5.92 Å². The molecule has 0 radical (unpaired) electrons. The van der Waals surface area contributed by atoms with Crippen LogP contribution in [-0.2, 0) is 9.59 Å². The van der Waals surface area contributed by atoms with Crippen molar-refractivity contribution in [3.8, 4) is 5.75 Å². The first-order valence-electron chi connectivity index (χ1n) is 8.18. The average Bonchev–Trinajstić information content (AvgIpc) is 2.66. The fourth-order valence-electron chi connectivity index (χ4n) is 2.30. The molecule has 1 amide bonds. The molecule has 2 aromatic rings. The van der Waals surface area contributed by atoms with Crippen molar-refractivity contribution < 1.29 is 24.2 Å². The van der Waals surface area contributed by atoms with E-state index in [1.165, 1.54) is 18.9 Å². The molecular weight excluding hydrogens is 334 g/mol. The van der Waals surface area contributed by atoms with Gasteiger partial charge in [-0.2, -0.15) is 0 Å². The van der Waals surface area contributed by atoms with Crippen LogP contribution < -0.4 is 4.74 Å². The lowest BCUT2D eigenvalue weighted by Crippen LogP contribution is -2.36. The average molecular weight is 355 g/mol. The van der Waals surface area contributed by atoms with Gasteiger partial charge in [-0.25, -0.2) is 0 Å². The second-order valence-electron chi connectivity index (χ2n) is 6.02. The molecule has 6 nitrogen and oxygen atoms in total. The highest BCUT2D eigenvalue weighted by Crippen LogP contribution is 2.15. The number of amides is 1. The number of carboxylic acids is 1. The van der Waals surface area contributed by atoms with Gasteiger partial charge in [0.1, 0.15) is 5.75 Å². The Morgan fingerprint density at radius 3 is 2.15 bits per heavy atom. The molecule has 0 aliphatic rings. The molecule has 6 heteroatoms. The summed E-state index contributed by atoms with van der Waals surface area (Å²) in [4.78, 5) is 36.5. The number of carboxylic acid groups (broad SMARTS) is 1. The molecule has 0 fully saturated rings. The standard InChI is InChI=1S/C20H21NO5/c1-14(20(24)25)12-21(2)18(22)13-26-17-10-8-16(9-11-17)19(23)15-6-4-3-5-7-15/h3-11,14H,12-13H2,1-2H3,(H,24,25). The Kier molecular flexibility index (Phi) is 6.49. The summed E-state index contributed by atoms with van der Waals surface area (Å²) in [6.45, 7) is 1.45. The first-order valence-corrected chi connectivity index (χ1v) is 8.18. The first kappa shape index (κ1) is 19.2. The van der Waals surface area contributed by atoms with Gasteiger partial charge in [0.2, 0.25) is 0 Å². The molecule has 0 heterocycles. The van der Waals surface area contributed by atoms with Crippen LogP contribution in [0.1, 0.15) is 22.8 Å². The number of carbonyl (C=O) groups excluding carboxylic acids is 2. The van der Waals surface area contributed by atoms with Gasteiger partial charge in [-0.1, -0.05) is 37.3 Å². The summed E-state index contributed by atoms with van der Waals surface area (Å²) >= 11 is 0. The van der Waals surface area contributed by atoms with Crippen LogP contribution in [0.15, 0.2) is 54.6 Å². The molecule has 0 saturated carbocycles. The van der Waals surface area contributed by atoms with E-state index in [0.717, 1.165) is 0 Å². The Balaban J connectivity index is 1.90. The van der Waals surface area contributed by atoms with Gasteiger partial charge >= 0.3 is 5.97 Å². The number of benzene rings is 2. The van der Waals surface area contributed by atoms with Crippen LogP contribution in [0.5, 0.6) is 5.75 Å². The van der Waals surface area contributed by atoms with E-state index >= 15 is 0 Å². The number of ketones is 1. The van der Waals surface area contributed by atoms with Gasteiger partial charge in [0.25, 0.3) is 5.91 Å². The summed E-state index contributed by atoms with van der Waals surface area (Å²) in [6, 6.07) is 15.5. The molecule has 0 spiro atoms. The number of nitrogens with zero attached hydrogens (tertiary/aromatic N) is 1. The zero-order chi connectivity index (χ0) is 19.1. The van der Waals surface area contributed by atoms with Crippen molar-refractivity contribution >= 4 is 17.7 Å². The minimum absolute atomic E-state index is 0.0874. The molecule has 136 valence electrons. The molecular formula is C20H21NO5. The molecule has 26 heavy (non-hydrogen) atoms. The van der Waals surface area contributed by atoms with Crippen LogP contribution in [0.4, 0.5) is 0 Å². The van der Waals surface area contributed by atoms with E-state index in [1.54, 1.807) is 48.5 Å². The van der Waals surface area contributed by atoms with Crippen molar-refractivity contribution in [2.45, 2.75) is 6.92 Å². The Morgan fingerprint density at radius 1 is 1.00 bits per heavy atom. The largest absolute Gasteiger partial charge is 0.484 e. The molecule has 0 aliphatic carbocycles. The monoisotopic (exact) mass is 355 g/mol. The van der Waals surface area contributed by atoms with Gasteiger partial charge < -0.3 is 14.7 Å². The number of aliphatic carboxylic acids is 1. The lowest BCUT2D eigenvalue weighted by atomic mass is 10.0. The van der Waals surface area contributed by atoms with E-state index in [0.29, 0.717) is 16.9 Å². The summed E-state index contributed by atoms with van der Waals surface area (Å²) in [5.74, 6) is -1.54. The van der Waals surface area contributed by atoms with Crippen molar-refractivity contribution in [2.24, 2.45) is 5.92 Å². The molecule has 1 unspecified atom stereocenters. The van der Waals surface area contributed by atoms with Crippen molar-refractivity contribution in [2.75, 3.05) is 20.2 Å². The van der Waals surface area contributed by atoms with E-state index in [-0.39, 0.29) is 24.8 Å². The third-order valence-electron chi connectivity index (χ3n) is 3.91. The van der Waals surface area contributed by atoms with Gasteiger partial charge in [-0.15, -0.1) is 0 Å². The second-order valence-corrected chi connectivity index (χ2v) is 6.02. The lowest BCUT2D eigenvalue weighted by molar-refractivity contribution is -0.143. The van der Waals surface area contributed by atoms with E-state index in [9.17, 15) is 14.4 Å². The molecule has 2 aromatic carbocycles. The minimum atomic E-state index is -0.954. The number of hydrogen-bond donors (Lipinski definition) is 1. The third kappa shape index (κ3) is 5.17. The molecule has 0 saturated heterocycles. The van der Waals surface area contributed by atoms with Crippen LogP contribution >= 0.6 is 0 Å². The summed E-state index contributed by atoms with van der Waals surface area (Å²) < 4.78 is 5.42. The predicted octanol–water partition coefficient (Wildman–Crippen LogP) is 2.48. The number of carbonyl (C=O) groups is 3. The van der Waals surface area contributed by atoms with E-state index in [2.05, 4.69) is 0 Å². The maximum Gasteiger partial charge on any atom is 0.308 e. The van der Waals surface area contributed by atoms with Gasteiger partial charge in [0.05, 0.1) is 5.92 Å². The summed E-state index contributed by atoms with van der Waals surface area (Å²) in [7, 11) is 1.53. The van der Waals surface area contributed by atoms with E-state index in [4.69, 9.17) is 9.84 Å². The highest BCUT2D eigenvalue weighted by molar-refractivity contribution is 6.08. The first-order chi connectivity index (χ1) is 12.4. The number of rotatable bonds is 8. The van der Waals surface area contributed by atoms with Crippen LogP contribution in [0.25, 0.3) is 0 Å². The molecule has 1 N–H and O–H groups in total. The maximum absolute atomic E-state index is 12.3. The van der Waals surface area contributed by atoms with Crippen molar-refractivity contribution in [1.82, 2.24) is 4.90 Å². The van der Waals surface area contributed by atoms with Crippen LogP contribution in [-0.4, -0.2) is 47.9 Å². The topological polar surface area (TPSA) is 83.9 Å². The molecule has 0 aliphatic heterocycles. The van der Waals surface area contributed by atoms with Gasteiger partial charge in [-0.3, -0.25) is 14.4 Å². The molecule has 2 rings (SSSR count). The van der Waals surface area contributed by atoms with Crippen LogP contribution in [0.2, 0.25) is 0 Å². The fraction of sp³-hybridized carbons (Fsp3) is 0.250. The van der Waals surface area contributed by atoms with Crippen LogP contribution in [0.3, 0.4) is 0 Å². The second kappa shape index (κ2) is 8.80. The quantitative estimate of drug-likeness (QED) is 0.736. The maximum atomic E-state index is 12.3. The summed E-state index contributed by atoms with van der Waals surface area (Å²) in [6.07, 6.45) is 0. The number of likely N-dealkylation sites (N-methyl/N-ethyl adjacent to an activating group) is 1. The van der Waals surface area contributed by atoms with Crippen molar-refractivity contribution in [3.05, 3.63) is 65.7 Å². The third-order valence-corrected chi connectivity index (χ3v) is 3.91. The smallest absolute Gasteiger partial charge is 0.308 e. The van der Waals surface area contributed by atoms with Crippen molar-refractivity contribution in [3.63, 3.8) is 0 Å². The molecule has 0 aromatic heterocycles. The highest BCUT2D eigenvalue weighted by Gasteiger charge is 2.17. The van der Waals surface area contributed by atoms with Gasteiger partial charge in [0, 0.05) is 24.7 Å². The Morgan fingerprint density at radius 2 is 1.58 bits per heavy atom. The molecule has 1 atom stereocenters. The normalized spacial score (nSPS) is 11.5. The Hall–Kier alpha value is -3.15. The summed E-state index contributed by atoms with van der Waals surface area (Å²) in [5, 5.41) is 8.88. The Labute approximate surface area is 152 Å². The van der Waals surface area contributed by atoms with Crippen molar-refractivity contribution in [1.29, 1.82) is 0 Å². The van der Waals surface area contributed by atoms with Gasteiger partial charge in [0.15, 0.2) is 12.4 Å². The number of hydrogen-bond acceptors (Lipinski definition) is 4. The number of ether oxygens (including phenoxy) is 1. The fourth-order valence-corrected chi connectivity index (χ4v) is 2.30. The zero-order valence-electron chi connectivity index (χ0n) is 14.7.